The molecule has 5 aliphatic rings. The van der Waals surface area contributed by atoms with Gasteiger partial charge in [0.15, 0.2) is 10.1 Å². The molecule has 0 N–H and O–H groups in total. The van der Waals surface area contributed by atoms with Crippen LogP contribution in [-0.2, 0) is 54.7 Å². The second kappa shape index (κ2) is 17.7. The molecule has 57 heavy (non-hydrogen) atoms. The normalized spacial score (nSPS) is 22.0. The predicted octanol–water partition coefficient (Wildman–Crippen LogP) is 6.09. The average molecular weight is 804 g/mol. The molecule has 5 aliphatic heterocycles. The number of hydrogen-bond donors (Lipinski definition) is 0. The van der Waals surface area contributed by atoms with E-state index in [1.54, 1.807) is 0 Å². The molecule has 0 saturated carbocycles. The summed E-state index contributed by atoms with van der Waals surface area (Å²) in [6, 6.07) is 43.1. The van der Waals surface area contributed by atoms with E-state index < -0.39 is 15.6 Å². The first-order chi connectivity index (χ1) is 27.5. The molecule has 2 saturated heterocycles. The Hall–Kier alpha value is -5.54. The van der Waals surface area contributed by atoms with Gasteiger partial charge in [0.25, 0.3) is 23.6 Å². The van der Waals surface area contributed by atoms with Crippen LogP contribution in [0.4, 0.5) is 13.2 Å². The van der Waals surface area contributed by atoms with Gasteiger partial charge in [-0.15, -0.1) is 0 Å². The Labute approximate surface area is 329 Å². The van der Waals surface area contributed by atoms with Crippen LogP contribution < -0.4 is 0 Å². The number of nitrogens with zero attached hydrogens (tertiary/aromatic N) is 4. The van der Waals surface area contributed by atoms with Crippen molar-refractivity contribution in [3.63, 3.8) is 0 Å². The number of aliphatic imine (C=N–C) groups is 2. The maximum absolute atomic E-state index is 10.7. The van der Waals surface area contributed by atoms with Gasteiger partial charge in [-0.2, -0.15) is 13.2 Å². The molecule has 4 aromatic carbocycles. The quantitative estimate of drug-likeness (QED) is 0.146. The molecule has 9 rings (SSSR count). The summed E-state index contributed by atoms with van der Waals surface area (Å²) in [7, 11) is -6.09. The van der Waals surface area contributed by atoms with E-state index in [4.69, 9.17) is 31.9 Å². The minimum absolute atomic E-state index is 0.141. The van der Waals surface area contributed by atoms with Crippen molar-refractivity contribution < 1.29 is 45.1 Å². The van der Waals surface area contributed by atoms with Gasteiger partial charge in [-0.25, -0.2) is 18.4 Å². The van der Waals surface area contributed by atoms with E-state index in [0.717, 1.165) is 57.3 Å². The highest BCUT2D eigenvalue weighted by Crippen LogP contribution is 2.38. The smallest absolute Gasteiger partial charge is 0.485 e. The highest BCUT2D eigenvalue weighted by atomic mass is 32.2. The Balaban J connectivity index is 0.000000147. The average Bonchev–Trinajstić information content (AvgIpc) is 4.05. The summed E-state index contributed by atoms with van der Waals surface area (Å²) >= 11 is 0. The maximum Gasteiger partial charge on any atom is 0.485 e. The third-order valence-corrected chi connectivity index (χ3v) is 10.4. The molecule has 11 nitrogen and oxygen atoms in total. The van der Waals surface area contributed by atoms with Gasteiger partial charge in [-0.3, -0.25) is 0 Å². The monoisotopic (exact) mass is 803 g/mol. The molecule has 4 atom stereocenters. The van der Waals surface area contributed by atoms with Crippen LogP contribution in [0.1, 0.15) is 22.3 Å². The minimum atomic E-state index is -6.09. The van der Waals surface area contributed by atoms with Gasteiger partial charge in [-0.05, 0) is 47.9 Å². The molecule has 0 radical (unpaired) electrons. The fourth-order valence-electron chi connectivity index (χ4n) is 7.08. The van der Waals surface area contributed by atoms with E-state index in [2.05, 4.69) is 105 Å². The number of alkyl halides is 3. The van der Waals surface area contributed by atoms with E-state index in [0.29, 0.717) is 37.1 Å². The van der Waals surface area contributed by atoms with Crippen molar-refractivity contribution in [3.05, 3.63) is 155 Å². The minimum Gasteiger partial charge on any atom is -0.741 e. The number of rotatable bonds is 9. The van der Waals surface area contributed by atoms with Gasteiger partial charge < -0.3 is 33.3 Å². The first-order valence-electron chi connectivity index (χ1n) is 18.6. The fraction of sp³-hybridized carbons (Fsp3) is 0.333. The van der Waals surface area contributed by atoms with Gasteiger partial charge in [0.05, 0.1) is 30.8 Å². The van der Waals surface area contributed by atoms with Crippen molar-refractivity contribution in [2.24, 2.45) is 9.98 Å². The summed E-state index contributed by atoms with van der Waals surface area (Å²) in [5.74, 6) is 3.01. The third-order valence-electron chi connectivity index (χ3n) is 9.86. The van der Waals surface area contributed by atoms with Crippen LogP contribution in [0.25, 0.3) is 0 Å². The van der Waals surface area contributed by atoms with Crippen LogP contribution in [0.3, 0.4) is 0 Å². The van der Waals surface area contributed by atoms with Gasteiger partial charge in [0, 0.05) is 0 Å². The fourth-order valence-corrected chi connectivity index (χ4v) is 7.08. The van der Waals surface area contributed by atoms with Crippen LogP contribution in [-0.4, -0.2) is 97.3 Å². The molecule has 0 bridgehead atoms. The lowest BCUT2D eigenvalue weighted by Gasteiger charge is -2.26. The first kappa shape index (κ1) is 39.7. The summed E-state index contributed by atoms with van der Waals surface area (Å²) in [5, 5.41) is 0. The molecule has 0 unspecified atom stereocenters. The van der Waals surface area contributed by atoms with Crippen molar-refractivity contribution in [2.45, 2.75) is 55.4 Å². The third kappa shape index (κ3) is 10.3. The molecule has 0 aromatic heterocycles. The molecular formula is C42H42F3N4O7S-. The summed E-state index contributed by atoms with van der Waals surface area (Å²) in [6.45, 7) is 3.55. The number of fused-ring (bicyclic) bond motifs is 2. The zero-order valence-corrected chi connectivity index (χ0v) is 31.7. The second-order valence-corrected chi connectivity index (χ2v) is 15.4. The van der Waals surface area contributed by atoms with Crippen LogP contribution in [0.5, 0.6) is 0 Å². The number of hydrogen-bond acceptors (Lipinski definition) is 11. The Bertz CT molecular complexity index is 2010. The molecule has 0 spiro atoms. The summed E-state index contributed by atoms with van der Waals surface area (Å²) in [6.07, 6.45) is 3.78. The summed E-state index contributed by atoms with van der Waals surface area (Å²) < 4.78 is 82.4. The van der Waals surface area contributed by atoms with Crippen molar-refractivity contribution in [2.75, 3.05) is 33.1 Å². The van der Waals surface area contributed by atoms with E-state index in [1.165, 1.54) is 22.3 Å². The largest absolute Gasteiger partial charge is 0.741 e. The van der Waals surface area contributed by atoms with Crippen molar-refractivity contribution in [1.82, 2.24) is 9.80 Å². The Kier molecular flexibility index (Phi) is 12.3. The molecule has 0 amide bonds. The van der Waals surface area contributed by atoms with Crippen LogP contribution in [0, 0.1) is 0 Å². The Morgan fingerprint density at radius 3 is 1.18 bits per heavy atom. The number of benzene rings is 4. The van der Waals surface area contributed by atoms with E-state index in [-0.39, 0.29) is 12.1 Å². The van der Waals surface area contributed by atoms with E-state index in [1.807, 2.05) is 36.4 Å². The highest BCUT2D eigenvalue weighted by molar-refractivity contribution is 7.86. The van der Waals surface area contributed by atoms with E-state index >= 15 is 0 Å². The molecule has 300 valence electrons. The molecule has 4 aromatic rings. The Morgan fingerprint density at radius 2 is 0.860 bits per heavy atom. The first-order valence-corrected chi connectivity index (χ1v) is 20.0. The summed E-state index contributed by atoms with van der Waals surface area (Å²) in [4.78, 5) is 14.0. The zero-order chi connectivity index (χ0) is 39.8. The Morgan fingerprint density at radius 1 is 0.544 bits per heavy atom. The van der Waals surface area contributed by atoms with E-state index in [9.17, 15) is 13.2 Å². The topological polar surface area (TPSA) is 125 Å². The van der Waals surface area contributed by atoms with Gasteiger partial charge in [0.1, 0.15) is 26.4 Å². The molecule has 2 fully saturated rings. The van der Waals surface area contributed by atoms with Crippen molar-refractivity contribution >= 4 is 21.9 Å². The maximum atomic E-state index is 10.7. The SMILES string of the molecule is O=S(=O)([O-])C(F)(F)F.c1ccc(C[C@H]2COC(C3=N[C@@H](Cc4ccccc4)CO3)=N2)cc1.c1ccc(C[C@H]2COC3=C4OC[C@H](Cc5ccccc5)N4CN32)cc1. The molecule has 5 heterocycles. The highest BCUT2D eigenvalue weighted by Gasteiger charge is 2.47. The van der Waals surface area contributed by atoms with Gasteiger partial charge in [0.2, 0.25) is 0 Å². The lowest BCUT2D eigenvalue weighted by molar-refractivity contribution is -0.0517. The number of halogens is 3. The standard InChI is InChI=1S/C21H22N2O2.C20H20N2O2.CHF3O3S/c1-3-7-16(8-4-1)11-18-13-24-20-21-23(15-22(18)20)19(14-25-21)12-17-9-5-2-6-10-17;1-3-7-15(8-4-1)11-17-13-23-19(21-17)20-22-18(14-24-20)12-16-9-5-2-6-10-16;2-1(3,4)8(5,6)7/h1-10,18-19H,11-15H2;1-10,17-18H,11-14H2;(H,5,6,7)/p-1/t18-,19-;17-,18-;/m00./s1. The lowest BCUT2D eigenvalue weighted by atomic mass is 10.1. The molecule has 0 aliphatic carbocycles. The van der Waals surface area contributed by atoms with Gasteiger partial charge in [-0.1, -0.05) is 121 Å². The van der Waals surface area contributed by atoms with Crippen molar-refractivity contribution in [3.8, 4) is 0 Å². The zero-order valence-electron chi connectivity index (χ0n) is 30.9. The van der Waals surface area contributed by atoms with Crippen LogP contribution in [0.2, 0.25) is 0 Å². The summed E-state index contributed by atoms with van der Waals surface area (Å²) in [5.41, 5.74) is -0.389. The van der Waals surface area contributed by atoms with Crippen LogP contribution in [0.15, 0.2) is 143 Å². The molecule has 15 heteroatoms. The lowest BCUT2D eigenvalue weighted by Crippen LogP contribution is -2.39. The van der Waals surface area contributed by atoms with Crippen molar-refractivity contribution in [1.29, 1.82) is 0 Å². The number of ether oxygens (including phenoxy) is 4. The molecular weight excluding hydrogens is 762 g/mol. The van der Waals surface area contributed by atoms with Crippen LogP contribution >= 0.6 is 0 Å². The second-order valence-electron chi connectivity index (χ2n) is 14.1. The predicted molar refractivity (Wildman–Crippen MR) is 206 cm³/mol. The van der Waals surface area contributed by atoms with Gasteiger partial charge >= 0.3 is 5.51 Å².